The lowest BCUT2D eigenvalue weighted by atomic mass is 10.1. The number of nitrogens with one attached hydrogen (secondary N) is 2. The topological polar surface area (TPSA) is 149 Å². The number of hydrogen-bond acceptors (Lipinski definition) is 9. The molecule has 0 saturated carbocycles. The van der Waals surface area contributed by atoms with E-state index >= 15 is 0 Å². The van der Waals surface area contributed by atoms with Gasteiger partial charge in [-0.05, 0) is 28.9 Å². The Bertz CT molecular complexity index is 1070. The normalized spacial score (nSPS) is 14.0. The minimum absolute atomic E-state index is 0.115. The Morgan fingerprint density at radius 3 is 2.47 bits per heavy atom. The van der Waals surface area contributed by atoms with Gasteiger partial charge in [-0.1, -0.05) is 0 Å². The number of alkyl halides is 3. The number of ether oxygens (including phenoxy) is 2. The molecule has 0 fully saturated rings. The molecule has 2 atom stereocenters. The van der Waals surface area contributed by atoms with Gasteiger partial charge in [0.2, 0.25) is 16.0 Å². The van der Waals surface area contributed by atoms with Crippen molar-refractivity contribution in [2.75, 3.05) is 31.5 Å². The van der Waals surface area contributed by atoms with Gasteiger partial charge in [0.15, 0.2) is 0 Å². The van der Waals surface area contributed by atoms with Gasteiger partial charge < -0.3 is 25.2 Å². The van der Waals surface area contributed by atoms with Crippen LogP contribution in [0.1, 0.15) is 12.5 Å². The van der Waals surface area contributed by atoms with Crippen LogP contribution in [0.2, 0.25) is 0 Å². The zero-order valence-electron chi connectivity index (χ0n) is 17.1. The number of aromatic nitrogens is 2. The molecule has 10 nitrogen and oxygen atoms in total. The van der Waals surface area contributed by atoms with Crippen molar-refractivity contribution in [2.24, 2.45) is 5.14 Å². The third-order valence-corrected chi connectivity index (χ3v) is 5.69. The number of aliphatic hydroxyl groups excluding tert-OH is 1. The highest BCUT2D eigenvalue weighted by Crippen LogP contribution is 2.41. The van der Waals surface area contributed by atoms with Gasteiger partial charge in [0.1, 0.15) is 16.5 Å². The number of nitrogens with two attached hydrogens (primary N) is 1. The third kappa shape index (κ3) is 6.41. The smallest absolute Gasteiger partial charge is 0.417 e. The van der Waals surface area contributed by atoms with Crippen molar-refractivity contribution in [3.05, 3.63) is 28.4 Å². The molecule has 2 aromatic rings. The number of primary sulfonamides is 1. The summed E-state index contributed by atoms with van der Waals surface area (Å²) < 4.78 is 74.4. The fourth-order valence-electron chi connectivity index (χ4n) is 2.64. The van der Waals surface area contributed by atoms with Crippen molar-refractivity contribution in [1.29, 1.82) is 0 Å². The van der Waals surface area contributed by atoms with Crippen LogP contribution >= 0.6 is 15.9 Å². The van der Waals surface area contributed by atoms with Crippen LogP contribution in [0, 0.1) is 0 Å². The Labute approximate surface area is 190 Å². The second-order valence-corrected chi connectivity index (χ2v) is 8.91. The molecule has 32 heavy (non-hydrogen) atoms. The molecule has 0 amide bonds. The first-order valence-corrected chi connectivity index (χ1v) is 11.2. The summed E-state index contributed by atoms with van der Waals surface area (Å²) >= 11 is 3.25. The zero-order chi connectivity index (χ0) is 24.3. The van der Waals surface area contributed by atoms with Crippen LogP contribution in [0.4, 0.5) is 30.6 Å². The van der Waals surface area contributed by atoms with E-state index in [1.54, 1.807) is 6.92 Å². The summed E-state index contributed by atoms with van der Waals surface area (Å²) in [6.07, 6.45) is -4.51. The summed E-state index contributed by atoms with van der Waals surface area (Å²) in [5.41, 5.74) is -1.70. The van der Waals surface area contributed by atoms with Crippen molar-refractivity contribution < 1.29 is 36.2 Å². The van der Waals surface area contributed by atoms with Crippen LogP contribution in [0.5, 0.6) is 5.75 Å². The average molecular weight is 544 g/mol. The Morgan fingerprint density at radius 2 is 1.97 bits per heavy atom. The van der Waals surface area contributed by atoms with Crippen LogP contribution in [0.3, 0.4) is 0 Å². The van der Waals surface area contributed by atoms with Gasteiger partial charge in [-0.2, -0.15) is 18.2 Å². The molecule has 1 aromatic heterocycles. The first-order valence-electron chi connectivity index (χ1n) is 8.83. The molecule has 0 aliphatic carbocycles. The summed E-state index contributed by atoms with van der Waals surface area (Å²) in [7, 11) is -2.28. The number of hydrogen-bond donors (Lipinski definition) is 4. The maximum absolute atomic E-state index is 13.5. The summed E-state index contributed by atoms with van der Waals surface area (Å²) in [5, 5.41) is 20.4. The lowest BCUT2D eigenvalue weighted by molar-refractivity contribution is -0.140. The van der Waals surface area contributed by atoms with Crippen molar-refractivity contribution in [3.8, 4) is 5.75 Å². The molecule has 0 bridgehead atoms. The van der Waals surface area contributed by atoms with Crippen LogP contribution in [-0.2, 0) is 20.9 Å². The number of methoxy groups -OCH3 is 2. The first-order chi connectivity index (χ1) is 14.8. The van der Waals surface area contributed by atoms with Gasteiger partial charge in [-0.3, -0.25) is 0 Å². The Kier molecular flexibility index (Phi) is 8.27. The maximum Gasteiger partial charge on any atom is 0.417 e. The highest BCUT2D eigenvalue weighted by Gasteiger charge is 2.39. The van der Waals surface area contributed by atoms with E-state index in [0.717, 1.165) is 13.2 Å². The van der Waals surface area contributed by atoms with Crippen LogP contribution in [0.15, 0.2) is 27.7 Å². The number of sulfonamides is 1. The van der Waals surface area contributed by atoms with E-state index in [-0.39, 0.29) is 24.1 Å². The van der Waals surface area contributed by atoms with Gasteiger partial charge in [0, 0.05) is 25.1 Å². The van der Waals surface area contributed by atoms with Crippen molar-refractivity contribution in [1.82, 2.24) is 9.97 Å². The van der Waals surface area contributed by atoms with Gasteiger partial charge in [0.25, 0.3) is 0 Å². The Morgan fingerprint density at radius 1 is 1.31 bits per heavy atom. The fraction of sp³-hybridized carbons (Fsp3) is 0.412. The van der Waals surface area contributed by atoms with Gasteiger partial charge in [-0.25, -0.2) is 18.5 Å². The lowest BCUT2D eigenvalue weighted by Crippen LogP contribution is -2.36. The number of benzene rings is 1. The molecular weight excluding hydrogens is 523 g/mol. The van der Waals surface area contributed by atoms with Crippen molar-refractivity contribution >= 4 is 43.4 Å². The molecule has 15 heteroatoms. The number of nitrogens with zero attached hydrogens (tertiary/aromatic N) is 2. The predicted octanol–water partition coefficient (Wildman–Crippen LogP) is 2.47. The first kappa shape index (κ1) is 26.1. The summed E-state index contributed by atoms with van der Waals surface area (Å²) in [6.45, 7) is 1.70. The predicted molar refractivity (Wildman–Crippen MR) is 113 cm³/mol. The minimum atomic E-state index is -5.04. The molecule has 0 aliphatic rings. The zero-order valence-corrected chi connectivity index (χ0v) is 19.5. The standard InChI is InChI=1S/C17H21BrF3N5O5S/c1-8(27)12(7-30-2)25-15-11(18)6-23-16(26-15)24-9-4-10(17(19,20)21)14(32(22,28)29)13(5-9)31-3/h4-6,8,12,27H,7H2,1-3H3,(H2,22,28,29)(H2,23,24,25,26)/t8-,12-/m1/s1. The van der Waals surface area contributed by atoms with Crippen LogP contribution in [0.25, 0.3) is 0 Å². The molecule has 5 N–H and O–H groups in total. The molecule has 0 radical (unpaired) electrons. The largest absolute Gasteiger partial charge is 0.495 e. The maximum atomic E-state index is 13.5. The van der Waals surface area contributed by atoms with E-state index in [1.165, 1.54) is 13.3 Å². The summed E-state index contributed by atoms with van der Waals surface area (Å²) in [4.78, 5) is 6.98. The second-order valence-electron chi connectivity index (χ2n) is 6.56. The van der Waals surface area contributed by atoms with E-state index in [0.29, 0.717) is 10.5 Å². The summed E-state index contributed by atoms with van der Waals surface area (Å²) in [5.74, 6) is -0.486. The third-order valence-electron chi connectivity index (χ3n) is 4.12. The average Bonchev–Trinajstić information content (AvgIpc) is 2.67. The number of halogens is 4. The highest BCUT2D eigenvalue weighted by atomic mass is 79.9. The van der Waals surface area contributed by atoms with Gasteiger partial charge in [0.05, 0.1) is 35.9 Å². The SMILES string of the molecule is COC[C@@H](Nc1nc(Nc2cc(OC)c(S(N)(=O)=O)c(C(F)(F)F)c2)ncc1Br)[C@@H](C)O. The van der Waals surface area contributed by atoms with Crippen molar-refractivity contribution in [2.45, 2.75) is 30.1 Å². The van der Waals surface area contributed by atoms with Crippen LogP contribution < -0.4 is 20.5 Å². The molecule has 2 rings (SSSR count). The van der Waals surface area contributed by atoms with E-state index in [1.807, 2.05) is 0 Å². The number of anilines is 3. The number of aliphatic hydroxyl groups is 1. The Hall–Kier alpha value is -2.20. The number of rotatable bonds is 9. The Balaban J connectivity index is 2.49. The van der Waals surface area contributed by atoms with Gasteiger partial charge in [-0.15, -0.1) is 0 Å². The highest BCUT2D eigenvalue weighted by molar-refractivity contribution is 9.10. The molecule has 1 heterocycles. The quantitative estimate of drug-likeness (QED) is 0.374. The molecule has 0 saturated heterocycles. The van der Waals surface area contributed by atoms with Crippen molar-refractivity contribution in [3.63, 3.8) is 0 Å². The van der Waals surface area contributed by atoms with Crippen LogP contribution in [-0.4, -0.2) is 56.5 Å². The molecule has 0 aliphatic heterocycles. The van der Waals surface area contributed by atoms with E-state index in [9.17, 15) is 26.7 Å². The van der Waals surface area contributed by atoms with E-state index in [4.69, 9.17) is 14.6 Å². The monoisotopic (exact) mass is 543 g/mol. The van der Waals surface area contributed by atoms with E-state index in [2.05, 4.69) is 36.5 Å². The molecular formula is C17H21BrF3N5O5S. The molecule has 0 unspecified atom stereocenters. The summed E-state index contributed by atoms with van der Waals surface area (Å²) in [6, 6.07) is 1.05. The lowest BCUT2D eigenvalue weighted by Gasteiger charge is -2.22. The van der Waals surface area contributed by atoms with E-state index < -0.39 is 44.6 Å². The molecule has 1 aromatic carbocycles. The molecule has 178 valence electrons. The minimum Gasteiger partial charge on any atom is -0.495 e. The fourth-order valence-corrected chi connectivity index (χ4v) is 3.85. The van der Waals surface area contributed by atoms with Gasteiger partial charge >= 0.3 is 6.18 Å². The second kappa shape index (κ2) is 10.2. The molecule has 0 spiro atoms.